The van der Waals surface area contributed by atoms with E-state index in [1.54, 1.807) is 18.2 Å². The van der Waals surface area contributed by atoms with Gasteiger partial charge in [0.15, 0.2) is 0 Å². The van der Waals surface area contributed by atoms with Crippen molar-refractivity contribution in [3.8, 4) is 0 Å². The Hall–Kier alpha value is -1.82. The Labute approximate surface area is 140 Å². The summed E-state index contributed by atoms with van der Waals surface area (Å²) in [7, 11) is 0. The Kier molecular flexibility index (Phi) is 5.24. The van der Waals surface area contributed by atoms with E-state index in [0.717, 1.165) is 6.07 Å². The number of nitro benzene ring substituents is 1. The van der Waals surface area contributed by atoms with E-state index in [1.807, 2.05) is 0 Å². The Bertz CT molecular complexity index is 750. The SMILES string of the molecule is O=C(NCc1ccc(Cl)cc1Cl)c1ccc(Cl)cc1[N+](=O)[O-]. The summed E-state index contributed by atoms with van der Waals surface area (Å²) in [6.07, 6.45) is 0. The fourth-order valence-electron chi connectivity index (χ4n) is 1.78. The number of nitrogens with one attached hydrogen (secondary N) is 1. The van der Waals surface area contributed by atoms with Crippen LogP contribution in [0.2, 0.25) is 15.1 Å². The van der Waals surface area contributed by atoms with Crippen LogP contribution in [-0.2, 0) is 6.54 Å². The van der Waals surface area contributed by atoms with E-state index in [4.69, 9.17) is 34.8 Å². The summed E-state index contributed by atoms with van der Waals surface area (Å²) in [5.74, 6) is -0.589. The second-order valence-corrected chi connectivity index (χ2v) is 5.62. The van der Waals surface area contributed by atoms with Crippen molar-refractivity contribution in [1.29, 1.82) is 0 Å². The monoisotopic (exact) mass is 358 g/mol. The number of nitro groups is 1. The third kappa shape index (κ3) is 3.88. The van der Waals surface area contributed by atoms with Crippen LogP contribution < -0.4 is 5.32 Å². The lowest BCUT2D eigenvalue weighted by Crippen LogP contribution is -2.23. The van der Waals surface area contributed by atoms with Crippen LogP contribution >= 0.6 is 34.8 Å². The molecule has 0 aliphatic heterocycles. The quantitative estimate of drug-likeness (QED) is 0.646. The normalized spacial score (nSPS) is 10.3. The van der Waals surface area contributed by atoms with Crippen LogP contribution in [0, 0.1) is 10.1 Å². The van der Waals surface area contributed by atoms with Gasteiger partial charge in [-0.15, -0.1) is 0 Å². The summed E-state index contributed by atoms with van der Waals surface area (Å²) in [5, 5.41) is 14.6. The van der Waals surface area contributed by atoms with Crippen LogP contribution in [0.25, 0.3) is 0 Å². The van der Waals surface area contributed by atoms with Gasteiger partial charge in [-0.1, -0.05) is 40.9 Å². The predicted octanol–water partition coefficient (Wildman–Crippen LogP) is 4.49. The highest BCUT2D eigenvalue weighted by Gasteiger charge is 2.20. The van der Waals surface area contributed by atoms with Crippen LogP contribution in [0.5, 0.6) is 0 Å². The predicted molar refractivity (Wildman–Crippen MR) is 85.7 cm³/mol. The van der Waals surface area contributed by atoms with E-state index in [1.165, 1.54) is 12.1 Å². The molecule has 0 aliphatic carbocycles. The highest BCUT2D eigenvalue weighted by Crippen LogP contribution is 2.24. The van der Waals surface area contributed by atoms with E-state index >= 15 is 0 Å². The van der Waals surface area contributed by atoms with Crippen molar-refractivity contribution in [2.45, 2.75) is 6.54 Å². The van der Waals surface area contributed by atoms with Crippen molar-refractivity contribution in [2.24, 2.45) is 0 Å². The molecular weight excluding hydrogens is 351 g/mol. The van der Waals surface area contributed by atoms with Crippen molar-refractivity contribution < 1.29 is 9.72 Å². The molecule has 0 saturated carbocycles. The minimum Gasteiger partial charge on any atom is -0.348 e. The lowest BCUT2D eigenvalue weighted by Gasteiger charge is -2.08. The molecule has 2 rings (SSSR count). The van der Waals surface area contributed by atoms with Gasteiger partial charge in [-0.3, -0.25) is 14.9 Å². The van der Waals surface area contributed by atoms with Gasteiger partial charge in [0.05, 0.1) is 4.92 Å². The summed E-state index contributed by atoms with van der Waals surface area (Å²) < 4.78 is 0. The number of halogens is 3. The fourth-order valence-corrected chi connectivity index (χ4v) is 2.43. The summed E-state index contributed by atoms with van der Waals surface area (Å²) in [4.78, 5) is 22.4. The molecule has 0 radical (unpaired) electrons. The molecule has 2 aromatic carbocycles. The largest absolute Gasteiger partial charge is 0.348 e. The van der Waals surface area contributed by atoms with Gasteiger partial charge >= 0.3 is 0 Å². The number of nitrogens with zero attached hydrogens (tertiary/aromatic N) is 1. The molecule has 0 unspecified atom stereocenters. The first kappa shape index (κ1) is 16.5. The number of carbonyl (C=O) groups is 1. The molecule has 0 saturated heterocycles. The number of hydrogen-bond acceptors (Lipinski definition) is 3. The first-order chi connectivity index (χ1) is 10.4. The molecule has 0 aromatic heterocycles. The average molecular weight is 360 g/mol. The highest BCUT2D eigenvalue weighted by molar-refractivity contribution is 6.35. The first-order valence-electron chi connectivity index (χ1n) is 6.04. The second-order valence-electron chi connectivity index (χ2n) is 4.34. The molecule has 0 spiro atoms. The minimum atomic E-state index is -0.657. The number of benzene rings is 2. The Balaban J connectivity index is 2.18. The zero-order valence-electron chi connectivity index (χ0n) is 11.0. The Morgan fingerprint density at radius 1 is 1.09 bits per heavy atom. The standard InChI is InChI=1S/C14H9Cl3N2O3/c15-9-2-1-8(12(17)5-9)7-18-14(20)11-4-3-10(16)6-13(11)19(21)22/h1-6H,7H2,(H,18,20). The summed E-state index contributed by atoms with van der Waals surface area (Å²) in [6, 6.07) is 8.71. The van der Waals surface area contributed by atoms with E-state index in [-0.39, 0.29) is 22.8 Å². The van der Waals surface area contributed by atoms with Gasteiger partial charge in [0.2, 0.25) is 0 Å². The Morgan fingerprint density at radius 2 is 1.73 bits per heavy atom. The van der Waals surface area contributed by atoms with Gasteiger partial charge < -0.3 is 5.32 Å². The van der Waals surface area contributed by atoms with Crippen molar-refractivity contribution in [2.75, 3.05) is 0 Å². The number of amides is 1. The molecule has 2 aromatic rings. The second kappa shape index (κ2) is 6.96. The van der Waals surface area contributed by atoms with Gasteiger partial charge in [0.1, 0.15) is 5.56 Å². The van der Waals surface area contributed by atoms with Crippen molar-refractivity contribution in [3.63, 3.8) is 0 Å². The molecule has 0 bridgehead atoms. The fraction of sp³-hybridized carbons (Fsp3) is 0.0714. The van der Waals surface area contributed by atoms with Gasteiger partial charge in [0, 0.05) is 27.7 Å². The van der Waals surface area contributed by atoms with Crippen molar-refractivity contribution >= 4 is 46.4 Å². The molecule has 5 nitrogen and oxygen atoms in total. The topological polar surface area (TPSA) is 72.2 Å². The highest BCUT2D eigenvalue weighted by atomic mass is 35.5. The maximum absolute atomic E-state index is 12.1. The zero-order valence-corrected chi connectivity index (χ0v) is 13.2. The van der Waals surface area contributed by atoms with E-state index in [9.17, 15) is 14.9 Å². The van der Waals surface area contributed by atoms with E-state index < -0.39 is 10.8 Å². The molecule has 1 amide bonds. The van der Waals surface area contributed by atoms with Crippen LogP contribution in [0.3, 0.4) is 0 Å². The smallest absolute Gasteiger partial charge is 0.283 e. The first-order valence-corrected chi connectivity index (χ1v) is 7.18. The molecule has 8 heteroatoms. The number of carbonyl (C=O) groups excluding carboxylic acids is 1. The maximum atomic E-state index is 12.1. The van der Waals surface area contributed by atoms with Gasteiger partial charge in [0.25, 0.3) is 11.6 Å². The van der Waals surface area contributed by atoms with Crippen LogP contribution in [0.4, 0.5) is 5.69 Å². The van der Waals surface area contributed by atoms with E-state index in [0.29, 0.717) is 15.6 Å². The molecule has 0 fully saturated rings. The molecule has 0 heterocycles. The molecule has 0 atom stereocenters. The lowest BCUT2D eigenvalue weighted by molar-refractivity contribution is -0.385. The lowest BCUT2D eigenvalue weighted by atomic mass is 10.1. The number of hydrogen-bond donors (Lipinski definition) is 1. The van der Waals surface area contributed by atoms with Crippen LogP contribution in [0.1, 0.15) is 15.9 Å². The third-order valence-electron chi connectivity index (χ3n) is 2.86. The summed E-state index contributed by atoms with van der Waals surface area (Å²) in [6.45, 7) is 0.120. The minimum absolute atomic E-state index is 0.0699. The molecule has 1 N–H and O–H groups in total. The number of rotatable bonds is 4. The molecule has 22 heavy (non-hydrogen) atoms. The van der Waals surface area contributed by atoms with E-state index in [2.05, 4.69) is 5.32 Å². The van der Waals surface area contributed by atoms with Crippen molar-refractivity contribution in [3.05, 3.63) is 72.7 Å². The van der Waals surface area contributed by atoms with Crippen molar-refractivity contribution in [1.82, 2.24) is 5.32 Å². The average Bonchev–Trinajstić information content (AvgIpc) is 2.45. The van der Waals surface area contributed by atoms with Gasteiger partial charge in [-0.2, -0.15) is 0 Å². The zero-order chi connectivity index (χ0) is 16.3. The van der Waals surface area contributed by atoms with Gasteiger partial charge in [-0.25, -0.2) is 0 Å². The Morgan fingerprint density at radius 3 is 2.36 bits per heavy atom. The summed E-state index contributed by atoms with van der Waals surface area (Å²) >= 11 is 17.5. The summed E-state index contributed by atoms with van der Waals surface area (Å²) in [5.41, 5.74) is 0.225. The van der Waals surface area contributed by atoms with Crippen LogP contribution in [0.15, 0.2) is 36.4 Å². The third-order valence-corrected chi connectivity index (χ3v) is 3.68. The molecule has 114 valence electrons. The van der Waals surface area contributed by atoms with Crippen LogP contribution in [-0.4, -0.2) is 10.8 Å². The molecular formula is C14H9Cl3N2O3. The molecule has 0 aliphatic rings. The van der Waals surface area contributed by atoms with Gasteiger partial charge in [-0.05, 0) is 29.8 Å². The maximum Gasteiger partial charge on any atom is 0.283 e.